The summed E-state index contributed by atoms with van der Waals surface area (Å²) in [5, 5.41) is 2.67. The van der Waals surface area contributed by atoms with Gasteiger partial charge in [0, 0.05) is 26.3 Å². The van der Waals surface area contributed by atoms with E-state index >= 15 is 0 Å². The summed E-state index contributed by atoms with van der Waals surface area (Å²) < 4.78 is 6.06. The number of pyridine rings is 1. The molecule has 0 spiro atoms. The number of anilines is 3. The summed E-state index contributed by atoms with van der Waals surface area (Å²) in [6.07, 6.45) is 3.89. The van der Waals surface area contributed by atoms with E-state index in [-0.39, 0.29) is 23.1 Å². The molecular weight excluding hydrogens is 352 g/mol. The number of aromatic nitrogens is 3. The van der Waals surface area contributed by atoms with E-state index in [1.165, 1.54) is 22.8 Å². The molecule has 10 nitrogen and oxygen atoms in total. The molecule has 0 radical (unpaired) electrons. The summed E-state index contributed by atoms with van der Waals surface area (Å²) in [5.41, 5.74) is 0.538. The molecule has 4 heterocycles. The van der Waals surface area contributed by atoms with E-state index in [0.717, 1.165) is 13.0 Å². The van der Waals surface area contributed by atoms with Crippen molar-refractivity contribution in [2.24, 2.45) is 7.05 Å². The van der Waals surface area contributed by atoms with Gasteiger partial charge in [-0.3, -0.25) is 9.69 Å². The van der Waals surface area contributed by atoms with E-state index in [9.17, 15) is 14.4 Å². The molecule has 0 aromatic carbocycles. The quantitative estimate of drug-likeness (QED) is 0.771. The van der Waals surface area contributed by atoms with E-state index in [2.05, 4.69) is 24.9 Å². The highest BCUT2D eigenvalue weighted by Crippen LogP contribution is 2.38. The van der Waals surface area contributed by atoms with E-state index in [1.54, 1.807) is 25.4 Å². The Bertz CT molecular complexity index is 988. The normalized spacial score (nSPS) is 17.5. The van der Waals surface area contributed by atoms with Gasteiger partial charge in [0.25, 0.3) is 5.56 Å². The van der Waals surface area contributed by atoms with E-state index in [0.29, 0.717) is 18.1 Å². The first-order valence-electron chi connectivity index (χ1n) is 8.45. The summed E-state index contributed by atoms with van der Waals surface area (Å²) in [4.78, 5) is 48.9. The van der Waals surface area contributed by atoms with Crippen molar-refractivity contribution in [3.8, 4) is 0 Å². The van der Waals surface area contributed by atoms with Crippen LogP contribution >= 0.6 is 0 Å². The molecule has 0 unspecified atom stereocenters. The van der Waals surface area contributed by atoms with Gasteiger partial charge in [-0.25, -0.2) is 19.6 Å². The Morgan fingerprint density at radius 3 is 2.96 bits per heavy atom. The van der Waals surface area contributed by atoms with Crippen LogP contribution in [0.25, 0.3) is 0 Å². The van der Waals surface area contributed by atoms with Crippen LogP contribution in [0.3, 0.4) is 0 Å². The fourth-order valence-electron chi connectivity index (χ4n) is 3.43. The second-order valence-electron chi connectivity index (χ2n) is 6.42. The summed E-state index contributed by atoms with van der Waals surface area (Å²) in [7, 11) is 2.85. The van der Waals surface area contributed by atoms with Gasteiger partial charge in [-0.05, 0) is 18.6 Å². The van der Waals surface area contributed by atoms with Crippen LogP contribution < -0.4 is 20.7 Å². The number of fused-ring (bicyclic) bond motifs is 4. The third-order valence-electron chi connectivity index (χ3n) is 4.80. The monoisotopic (exact) mass is 370 g/mol. The number of esters is 1. The molecule has 1 atom stereocenters. The number of nitrogens with one attached hydrogen (secondary N) is 1. The molecule has 2 aliphatic rings. The van der Waals surface area contributed by atoms with E-state index in [1.807, 2.05) is 0 Å². The molecule has 1 fully saturated rings. The standard InChI is InChI=1S/C17H18N6O4/c1-21-6-3-4-11(15(21)24)19-17(26)23-10-5-7-22(9-10)12-8-18-13(16(25)27-2)20-14(12)23/h3-4,6,8,10H,5,7,9H2,1-2H3,(H,19,26)/t10-/m0/s1. The van der Waals surface area contributed by atoms with Gasteiger partial charge in [0.1, 0.15) is 5.69 Å². The molecule has 2 aliphatic heterocycles. The lowest BCUT2D eigenvalue weighted by molar-refractivity contribution is 0.0586. The zero-order chi connectivity index (χ0) is 19.1. The predicted molar refractivity (Wildman–Crippen MR) is 97.2 cm³/mol. The Morgan fingerprint density at radius 1 is 1.37 bits per heavy atom. The van der Waals surface area contributed by atoms with Gasteiger partial charge >= 0.3 is 12.0 Å². The Labute approximate surface area is 154 Å². The van der Waals surface area contributed by atoms with Crippen LogP contribution in [0.15, 0.2) is 29.3 Å². The minimum absolute atomic E-state index is 0.106. The first kappa shape index (κ1) is 17.0. The molecule has 2 bridgehead atoms. The molecule has 0 aliphatic carbocycles. The van der Waals surface area contributed by atoms with Gasteiger partial charge in [-0.2, -0.15) is 0 Å². The lowest BCUT2D eigenvalue weighted by Gasteiger charge is -2.35. The number of amides is 2. The van der Waals surface area contributed by atoms with Crippen LogP contribution in [0.2, 0.25) is 0 Å². The Morgan fingerprint density at radius 2 is 2.19 bits per heavy atom. The number of nitrogens with zero attached hydrogens (tertiary/aromatic N) is 5. The largest absolute Gasteiger partial charge is 0.463 e. The van der Waals surface area contributed by atoms with Crippen LogP contribution in [-0.2, 0) is 11.8 Å². The fraction of sp³-hybridized carbons (Fsp3) is 0.353. The van der Waals surface area contributed by atoms with Crippen molar-refractivity contribution in [3.63, 3.8) is 0 Å². The minimum atomic E-state index is -0.678. The van der Waals surface area contributed by atoms with Gasteiger partial charge in [0.2, 0.25) is 5.82 Å². The molecular formula is C17H18N6O4. The van der Waals surface area contributed by atoms with Gasteiger partial charge in [0.15, 0.2) is 5.82 Å². The van der Waals surface area contributed by atoms with Crippen molar-refractivity contribution in [3.05, 3.63) is 40.7 Å². The van der Waals surface area contributed by atoms with Gasteiger partial charge in [0.05, 0.1) is 25.0 Å². The molecule has 2 amide bonds. The topological polar surface area (TPSA) is 110 Å². The van der Waals surface area contributed by atoms with Crippen LogP contribution in [0.4, 0.5) is 22.0 Å². The van der Waals surface area contributed by atoms with Crippen LogP contribution in [0.1, 0.15) is 17.0 Å². The number of carbonyl (C=O) groups is 2. The molecule has 140 valence electrons. The molecule has 2 aromatic heterocycles. The maximum atomic E-state index is 13.0. The Balaban J connectivity index is 1.72. The number of rotatable bonds is 2. The molecule has 1 saturated heterocycles. The second-order valence-corrected chi connectivity index (χ2v) is 6.42. The number of aryl methyl sites for hydroxylation is 1. The zero-order valence-corrected chi connectivity index (χ0v) is 14.9. The highest BCUT2D eigenvalue weighted by atomic mass is 16.5. The van der Waals surface area contributed by atoms with Crippen molar-refractivity contribution >= 4 is 29.2 Å². The van der Waals surface area contributed by atoms with Crippen LogP contribution in [0.5, 0.6) is 0 Å². The first-order valence-corrected chi connectivity index (χ1v) is 8.45. The minimum Gasteiger partial charge on any atom is -0.463 e. The molecule has 4 rings (SSSR count). The average molecular weight is 370 g/mol. The van der Waals surface area contributed by atoms with Crippen LogP contribution in [-0.4, -0.2) is 52.8 Å². The summed E-state index contributed by atoms with van der Waals surface area (Å²) >= 11 is 0. The SMILES string of the molecule is COC(=O)c1ncc2c(n1)N(C(=O)Nc1cccn(C)c1=O)[C@H]1CCN2C1. The summed E-state index contributed by atoms with van der Waals surface area (Å²) in [5.74, 6) is -0.459. The second kappa shape index (κ2) is 6.38. The number of carbonyl (C=O) groups excluding carboxylic acids is 2. The summed E-state index contributed by atoms with van der Waals surface area (Å²) in [6, 6.07) is 2.65. The fourth-order valence-corrected chi connectivity index (χ4v) is 3.43. The Hall–Kier alpha value is -3.43. The lowest BCUT2D eigenvalue weighted by atomic mass is 10.2. The van der Waals surface area contributed by atoms with Crippen molar-refractivity contribution in [1.82, 2.24) is 14.5 Å². The number of methoxy groups -OCH3 is 1. The molecule has 1 N–H and O–H groups in total. The lowest BCUT2D eigenvalue weighted by Crippen LogP contribution is -2.49. The highest BCUT2D eigenvalue weighted by molar-refractivity contribution is 6.04. The van der Waals surface area contributed by atoms with Crippen molar-refractivity contribution < 1.29 is 14.3 Å². The van der Waals surface area contributed by atoms with Gasteiger partial charge in [-0.15, -0.1) is 0 Å². The van der Waals surface area contributed by atoms with E-state index < -0.39 is 12.0 Å². The molecule has 10 heteroatoms. The molecule has 0 saturated carbocycles. The maximum Gasteiger partial charge on any atom is 0.376 e. The molecule has 2 aromatic rings. The average Bonchev–Trinajstić information content (AvgIpc) is 3.09. The highest BCUT2D eigenvalue weighted by Gasteiger charge is 2.41. The maximum absolute atomic E-state index is 13.0. The third-order valence-corrected chi connectivity index (χ3v) is 4.80. The predicted octanol–water partition coefficient (Wildman–Crippen LogP) is 0.593. The molecule has 27 heavy (non-hydrogen) atoms. The number of ether oxygens (including phenoxy) is 1. The van der Waals surface area contributed by atoms with Crippen molar-refractivity contribution in [2.45, 2.75) is 12.5 Å². The smallest absolute Gasteiger partial charge is 0.376 e. The first-order chi connectivity index (χ1) is 13.0. The zero-order valence-electron chi connectivity index (χ0n) is 14.9. The van der Waals surface area contributed by atoms with E-state index in [4.69, 9.17) is 0 Å². The summed E-state index contributed by atoms with van der Waals surface area (Å²) in [6.45, 7) is 1.41. The Kier molecular flexibility index (Phi) is 4.02. The van der Waals surface area contributed by atoms with Gasteiger partial charge in [-0.1, -0.05) is 0 Å². The van der Waals surface area contributed by atoms with Crippen molar-refractivity contribution in [2.75, 3.05) is 35.3 Å². The van der Waals surface area contributed by atoms with Crippen LogP contribution in [0, 0.1) is 0 Å². The van der Waals surface area contributed by atoms with Crippen molar-refractivity contribution in [1.29, 1.82) is 0 Å². The third kappa shape index (κ3) is 2.78. The number of hydrogen-bond acceptors (Lipinski definition) is 7. The number of urea groups is 1. The number of hydrogen-bond donors (Lipinski definition) is 1. The van der Waals surface area contributed by atoms with Gasteiger partial charge < -0.3 is 19.5 Å².